The van der Waals surface area contributed by atoms with E-state index in [1.165, 1.54) is 289 Å². The van der Waals surface area contributed by atoms with Gasteiger partial charge < -0.3 is 0 Å². The molecule has 0 saturated heterocycles. The molecule has 342 valence electrons. The Morgan fingerprint density at radius 2 is 0.491 bits per heavy atom. The van der Waals surface area contributed by atoms with Crippen LogP contribution >= 0.6 is 7.06 Å². The van der Waals surface area contributed by atoms with E-state index in [4.69, 9.17) is 0 Å². The molecule has 0 fully saturated rings. The van der Waals surface area contributed by atoms with Gasteiger partial charge in [0.25, 0.3) is 0 Å². The molecular weight excluding hydrogens is 710 g/mol. The van der Waals surface area contributed by atoms with Crippen molar-refractivity contribution in [2.24, 2.45) is 0 Å². The summed E-state index contributed by atoms with van der Waals surface area (Å²) in [7, 11) is -2.70. The molecule has 0 aliphatic carbocycles. The van der Waals surface area contributed by atoms with Crippen LogP contribution < -0.4 is 0 Å². The van der Waals surface area contributed by atoms with E-state index in [1.807, 2.05) is 0 Å². The average Bonchev–Trinajstić information content (AvgIpc) is 3.23. The van der Waals surface area contributed by atoms with Crippen molar-refractivity contribution in [2.75, 3.05) is 51.6 Å². The zero-order chi connectivity index (χ0) is 41.4. The molecule has 57 heavy (non-hydrogen) atoms. The second-order valence-corrected chi connectivity index (χ2v) is 24.2. The van der Waals surface area contributed by atoms with Crippen LogP contribution in [0.3, 0.4) is 0 Å². The number of rotatable bonds is 45. The zero-order valence-corrected chi connectivity index (χ0v) is 41.7. The molecule has 0 spiro atoms. The average molecular weight is 820 g/mol. The normalized spacial score (nSPS) is 15.9. The third kappa shape index (κ3) is 23.2. The van der Waals surface area contributed by atoms with Crippen LogP contribution in [0.25, 0.3) is 0 Å². The van der Waals surface area contributed by atoms with Crippen molar-refractivity contribution >= 4 is 7.06 Å². The summed E-state index contributed by atoms with van der Waals surface area (Å²) >= 11 is 0. The summed E-state index contributed by atoms with van der Waals surface area (Å²) in [4.78, 5) is 0. The molecule has 0 saturated carbocycles. The molecule has 4 heteroatoms. The van der Waals surface area contributed by atoms with Gasteiger partial charge in [0.2, 0.25) is 0 Å². The van der Waals surface area contributed by atoms with E-state index in [-0.39, 0.29) is 0 Å². The third-order valence-corrected chi connectivity index (χ3v) is 21.2. The van der Waals surface area contributed by atoms with Crippen LogP contribution in [0.4, 0.5) is 0 Å². The van der Waals surface area contributed by atoms with Crippen LogP contribution in [-0.2, 0) is 0 Å². The Hall–Kier alpha value is 0.0500. The van der Waals surface area contributed by atoms with Gasteiger partial charge in [-0.3, -0.25) is 0 Å². The Balaban J connectivity index is 3.81. The van der Waals surface area contributed by atoms with Gasteiger partial charge in [-0.2, -0.15) is 0 Å². The predicted octanol–water partition coefficient (Wildman–Crippen LogP) is 18.3. The Bertz CT molecular complexity index is 720. The maximum absolute atomic E-state index is 3.39. The first-order valence-corrected chi connectivity index (χ1v) is 29.5. The standard InChI is InChI=1S/C53H110N3P/c1-7-13-19-25-31-38-46-54(47-39-32-26-20-14-8-2)57(52-44-37-45-53-57,55(48-40-33-27-21-15-9-3)49-41-34-28-22-16-10-4)56(50-42-35-29-23-17-11-5)51-43-36-30-24-18-12-6/h37,44H,7-36,38-43,45-53H2,1-6H3. The maximum atomic E-state index is 3.39. The molecule has 0 aromatic heterocycles. The monoisotopic (exact) mass is 820 g/mol. The molecule has 0 N–H and O–H groups in total. The molecule has 1 rings (SSSR count). The molecule has 1 heterocycles. The Kier molecular flexibility index (Phi) is 37.6. The SMILES string of the molecule is CCCCCCCCN(CCCCCCCC)P1(N(CCCCCCCC)CCCCCCCC)(N(CCCCCCCC)CCCCCCCC)CC=CCC1. The van der Waals surface area contributed by atoms with E-state index in [0.717, 1.165) is 0 Å². The number of hydrogen-bond donors (Lipinski definition) is 0. The van der Waals surface area contributed by atoms with E-state index in [1.54, 1.807) is 0 Å². The Labute approximate surface area is 362 Å². The first kappa shape index (κ1) is 55.1. The first-order valence-electron chi connectivity index (χ1n) is 27.0. The summed E-state index contributed by atoms with van der Waals surface area (Å²) < 4.78 is 10.2. The molecule has 0 unspecified atom stereocenters. The topological polar surface area (TPSA) is 9.72 Å². The summed E-state index contributed by atoms with van der Waals surface area (Å²) in [6.45, 7) is 22.3. The molecule has 0 radical (unpaired) electrons. The van der Waals surface area contributed by atoms with Crippen molar-refractivity contribution in [3.05, 3.63) is 12.2 Å². The van der Waals surface area contributed by atoms with Gasteiger partial charge in [-0.1, -0.05) is 0 Å². The van der Waals surface area contributed by atoms with Gasteiger partial charge in [0.05, 0.1) is 0 Å². The van der Waals surface area contributed by atoms with Gasteiger partial charge in [0, 0.05) is 0 Å². The fraction of sp³-hybridized carbons (Fsp3) is 0.962. The van der Waals surface area contributed by atoms with Crippen molar-refractivity contribution < 1.29 is 0 Å². The molecule has 0 amide bonds. The molecule has 0 aromatic carbocycles. The van der Waals surface area contributed by atoms with Gasteiger partial charge in [-0.05, 0) is 0 Å². The van der Waals surface area contributed by atoms with Crippen molar-refractivity contribution in [3.63, 3.8) is 0 Å². The van der Waals surface area contributed by atoms with E-state index in [0.29, 0.717) is 0 Å². The Morgan fingerprint density at radius 1 is 0.281 bits per heavy atom. The fourth-order valence-electron chi connectivity index (χ4n) is 10.3. The summed E-state index contributed by atoms with van der Waals surface area (Å²) in [6, 6.07) is 0. The van der Waals surface area contributed by atoms with Gasteiger partial charge in [0.15, 0.2) is 0 Å². The number of hydrogen-bond acceptors (Lipinski definition) is 3. The molecule has 0 aromatic rings. The molecule has 0 bridgehead atoms. The zero-order valence-electron chi connectivity index (χ0n) is 40.8. The summed E-state index contributed by atoms with van der Waals surface area (Å²) in [5, 5.41) is 0. The van der Waals surface area contributed by atoms with Gasteiger partial charge >= 0.3 is 364 Å². The second-order valence-electron chi connectivity index (χ2n) is 19.0. The summed E-state index contributed by atoms with van der Waals surface area (Å²) in [5.41, 5.74) is 0. The number of nitrogens with zero attached hydrogens (tertiary/aromatic N) is 3. The van der Waals surface area contributed by atoms with E-state index in [9.17, 15) is 0 Å². The quantitative estimate of drug-likeness (QED) is 0.0344. The van der Waals surface area contributed by atoms with Crippen molar-refractivity contribution in [1.82, 2.24) is 14.0 Å². The molecule has 1 aliphatic heterocycles. The van der Waals surface area contributed by atoms with Crippen LogP contribution in [0.1, 0.15) is 279 Å². The predicted molar refractivity (Wildman–Crippen MR) is 265 cm³/mol. The minimum atomic E-state index is -2.70. The number of unbranched alkanes of at least 4 members (excludes halogenated alkanes) is 30. The third-order valence-electron chi connectivity index (χ3n) is 14.0. The van der Waals surface area contributed by atoms with Crippen LogP contribution in [0.2, 0.25) is 0 Å². The summed E-state index contributed by atoms with van der Waals surface area (Å²) in [6.07, 6.45) is 60.3. The second kappa shape index (κ2) is 38.9. The minimum absolute atomic E-state index is 1.30. The molecule has 1 aliphatic rings. The molecular formula is C53H110N3P. The van der Waals surface area contributed by atoms with E-state index in [2.05, 4.69) is 67.7 Å². The fourth-order valence-corrected chi connectivity index (χ4v) is 18.0. The van der Waals surface area contributed by atoms with Crippen LogP contribution in [-0.4, -0.2) is 65.6 Å². The van der Waals surface area contributed by atoms with Crippen molar-refractivity contribution in [1.29, 1.82) is 0 Å². The van der Waals surface area contributed by atoms with Crippen molar-refractivity contribution in [3.8, 4) is 0 Å². The van der Waals surface area contributed by atoms with Crippen LogP contribution in [0, 0.1) is 0 Å². The van der Waals surface area contributed by atoms with Gasteiger partial charge in [-0.15, -0.1) is 0 Å². The molecule has 3 nitrogen and oxygen atoms in total. The Morgan fingerprint density at radius 3 is 0.684 bits per heavy atom. The van der Waals surface area contributed by atoms with E-state index < -0.39 is 7.06 Å². The first-order chi connectivity index (χ1) is 28.1. The van der Waals surface area contributed by atoms with Crippen LogP contribution in [0.15, 0.2) is 12.2 Å². The van der Waals surface area contributed by atoms with E-state index >= 15 is 0 Å². The van der Waals surface area contributed by atoms with Gasteiger partial charge in [-0.25, -0.2) is 0 Å². The summed E-state index contributed by atoms with van der Waals surface area (Å²) in [5.74, 6) is 0. The molecule has 0 atom stereocenters. The van der Waals surface area contributed by atoms with Gasteiger partial charge in [0.1, 0.15) is 0 Å². The number of allylic oxidation sites excluding steroid dienone is 2. The van der Waals surface area contributed by atoms with Crippen LogP contribution in [0.5, 0.6) is 0 Å². The van der Waals surface area contributed by atoms with Crippen molar-refractivity contribution in [2.45, 2.75) is 279 Å².